The van der Waals surface area contributed by atoms with Crippen molar-refractivity contribution in [3.8, 4) is 0 Å². The van der Waals surface area contributed by atoms with Crippen LogP contribution in [-0.2, 0) is 27.3 Å². The molecule has 2 heterocycles. The molecule has 3 aliphatic rings. The molecule has 0 bridgehead atoms. The molecule has 1 saturated heterocycles. The molecule has 1 aromatic carbocycles. The van der Waals surface area contributed by atoms with Crippen molar-refractivity contribution in [1.29, 1.82) is 0 Å². The van der Waals surface area contributed by atoms with Gasteiger partial charge in [-0.25, -0.2) is 0 Å². The highest BCUT2D eigenvalue weighted by Gasteiger charge is 2.32. The highest BCUT2D eigenvalue weighted by molar-refractivity contribution is 5.81. The molecule has 1 aliphatic carbocycles. The van der Waals surface area contributed by atoms with Crippen molar-refractivity contribution in [2.24, 2.45) is 16.7 Å². The molecule has 3 N–H and O–H groups in total. The van der Waals surface area contributed by atoms with E-state index in [1.54, 1.807) is 14.2 Å². The lowest BCUT2D eigenvalue weighted by molar-refractivity contribution is -0.130. The summed E-state index contributed by atoms with van der Waals surface area (Å²) >= 11 is 0. The third-order valence-electron chi connectivity index (χ3n) is 9.20. The zero-order chi connectivity index (χ0) is 29.9. The fourth-order valence-electron chi connectivity index (χ4n) is 6.78. The Balaban J connectivity index is 0.000000415. The highest BCUT2D eigenvalue weighted by atomic mass is 16.5. The molecule has 1 amide bonds. The third-order valence-corrected chi connectivity index (χ3v) is 9.20. The quantitative estimate of drug-likeness (QED) is 0.282. The molecule has 0 radical (unpaired) electrons. The van der Waals surface area contributed by atoms with Gasteiger partial charge in [-0.3, -0.25) is 4.79 Å². The minimum Gasteiger partial charge on any atom is -0.392 e. The molecule has 41 heavy (non-hydrogen) atoms. The van der Waals surface area contributed by atoms with Gasteiger partial charge in [0.05, 0.1) is 12.7 Å². The predicted molar refractivity (Wildman–Crippen MR) is 173 cm³/mol. The second-order valence-corrected chi connectivity index (χ2v) is 14.1. The van der Waals surface area contributed by atoms with Crippen molar-refractivity contribution in [1.82, 2.24) is 10.6 Å². The largest absolute Gasteiger partial charge is 0.392 e. The van der Waals surface area contributed by atoms with Gasteiger partial charge in [0, 0.05) is 60.5 Å². The molecule has 7 nitrogen and oxygen atoms in total. The van der Waals surface area contributed by atoms with Gasteiger partial charge < -0.3 is 30.1 Å². The van der Waals surface area contributed by atoms with Crippen LogP contribution in [-0.4, -0.2) is 70.2 Å². The Morgan fingerprint density at radius 1 is 1.17 bits per heavy atom. The van der Waals surface area contributed by atoms with Crippen molar-refractivity contribution < 1.29 is 22.2 Å². The lowest BCUT2D eigenvalue weighted by atomic mass is 9.80. The molecule has 0 spiro atoms. The number of nitrogens with zero attached hydrogens (tertiary/aromatic N) is 1. The smallest absolute Gasteiger partial charge is 0.225 e. The molecule has 4 rings (SSSR count). The summed E-state index contributed by atoms with van der Waals surface area (Å²) in [6.07, 6.45) is 11.9. The van der Waals surface area contributed by atoms with Crippen LogP contribution in [0.5, 0.6) is 0 Å². The number of nitrogens with one attached hydrogen (secondary N) is 2. The summed E-state index contributed by atoms with van der Waals surface area (Å²) in [5, 5.41) is 16.1. The van der Waals surface area contributed by atoms with E-state index in [1.165, 1.54) is 43.4 Å². The number of carbonyl (C=O) groups is 1. The maximum Gasteiger partial charge on any atom is 0.225 e. The molecule has 238 valence electrons. The molecule has 1 atom stereocenters. The van der Waals surface area contributed by atoms with E-state index in [9.17, 15) is 9.90 Å². The summed E-state index contributed by atoms with van der Waals surface area (Å²) in [7, 11) is 3.55. The van der Waals surface area contributed by atoms with Crippen molar-refractivity contribution in [3.05, 3.63) is 29.3 Å². The second-order valence-electron chi connectivity index (χ2n) is 14.1. The molecule has 2 fully saturated rings. The summed E-state index contributed by atoms with van der Waals surface area (Å²) < 4.78 is 10.6. The Hall–Kier alpha value is -1.67. The molecular weight excluding hydrogens is 514 g/mol. The van der Waals surface area contributed by atoms with Gasteiger partial charge in [-0.1, -0.05) is 46.2 Å². The van der Waals surface area contributed by atoms with E-state index in [0.717, 1.165) is 70.5 Å². The van der Waals surface area contributed by atoms with E-state index in [2.05, 4.69) is 55.4 Å². The second kappa shape index (κ2) is 16.3. The number of hydrogen-bond donors (Lipinski definition) is 3. The summed E-state index contributed by atoms with van der Waals surface area (Å²) in [5.74, 6) is 0.840. The summed E-state index contributed by atoms with van der Waals surface area (Å²) in [5.41, 5.74) is 3.71. The number of anilines is 1. The van der Waals surface area contributed by atoms with Gasteiger partial charge in [0.2, 0.25) is 5.91 Å². The summed E-state index contributed by atoms with van der Waals surface area (Å²) in [6.45, 7) is 13.7. The Labute approximate surface area is 253 Å². The number of methoxy groups -OCH3 is 2. The van der Waals surface area contributed by atoms with Gasteiger partial charge in [0.1, 0.15) is 0 Å². The van der Waals surface area contributed by atoms with Crippen molar-refractivity contribution in [2.45, 2.75) is 111 Å². The minimum atomic E-state index is -0.279. The topological polar surface area (TPSA) is 83.1 Å². The van der Waals surface area contributed by atoms with Crippen LogP contribution in [0, 0.1) is 16.7 Å². The number of aliphatic hydroxyl groups excluding tert-OH is 1. The van der Waals surface area contributed by atoms with Gasteiger partial charge in [0.25, 0.3) is 0 Å². The zero-order valence-corrected chi connectivity index (χ0v) is 26.9. The van der Waals surface area contributed by atoms with Crippen LogP contribution in [0.25, 0.3) is 0 Å². The number of fused-ring (bicyclic) bond motifs is 1. The average molecular weight is 578 g/mol. The first-order valence-electron chi connectivity index (χ1n) is 16.1. The van der Waals surface area contributed by atoms with Crippen LogP contribution < -0.4 is 15.5 Å². The van der Waals surface area contributed by atoms with Gasteiger partial charge >= 0.3 is 0 Å². The first-order chi connectivity index (χ1) is 19.6. The van der Waals surface area contributed by atoms with E-state index in [4.69, 9.17) is 9.47 Å². The number of rotatable bonds is 11. The van der Waals surface area contributed by atoms with Crippen LogP contribution in [0.2, 0.25) is 0 Å². The van der Waals surface area contributed by atoms with Gasteiger partial charge in [0.15, 0.2) is 0 Å². The van der Waals surface area contributed by atoms with E-state index in [1.807, 2.05) is 6.07 Å². The number of carbonyl (C=O) groups excluding carboxylic acids is 1. The van der Waals surface area contributed by atoms with Crippen molar-refractivity contribution in [3.63, 3.8) is 0 Å². The van der Waals surface area contributed by atoms with E-state index < -0.39 is 0 Å². The molecule has 0 unspecified atom stereocenters. The van der Waals surface area contributed by atoms with Crippen LogP contribution >= 0.6 is 0 Å². The van der Waals surface area contributed by atoms with Crippen LogP contribution in [0.4, 0.5) is 5.69 Å². The van der Waals surface area contributed by atoms with E-state index in [0.29, 0.717) is 23.5 Å². The Kier molecular flexibility index (Phi) is 13.4. The molecule has 1 saturated carbocycles. The first-order valence-corrected chi connectivity index (χ1v) is 16.1. The first kappa shape index (κ1) is 33.8. The fraction of sp³-hybridized carbons (Fsp3) is 0.794. The molecule has 7 heteroatoms. The SMILES string of the molecule is COC1CCC(CNC(=O)C(C)(C)C[C@@H]2CCCCN2)CC1.COCCCN1CC(C)(C)Cc2ccc(CO)cc21.[HH].[HH]. The number of piperidine rings is 1. The lowest BCUT2D eigenvalue weighted by Crippen LogP contribution is -2.45. The molecule has 0 aromatic heterocycles. The maximum atomic E-state index is 12.5. The highest BCUT2D eigenvalue weighted by Crippen LogP contribution is 2.37. The van der Waals surface area contributed by atoms with Crippen LogP contribution in [0.1, 0.15) is 99.5 Å². The number of aliphatic hydroxyl groups is 1. The Bertz CT molecular complexity index is 932. The monoisotopic (exact) mass is 577 g/mol. The van der Waals surface area contributed by atoms with E-state index in [-0.39, 0.29) is 20.8 Å². The average Bonchev–Trinajstić information content (AvgIpc) is 2.96. The van der Waals surface area contributed by atoms with Gasteiger partial charge in [-0.05, 0) is 92.9 Å². The minimum absolute atomic E-state index is 0. The van der Waals surface area contributed by atoms with Crippen molar-refractivity contribution >= 4 is 11.6 Å². The van der Waals surface area contributed by atoms with Gasteiger partial charge in [-0.2, -0.15) is 0 Å². The van der Waals surface area contributed by atoms with E-state index >= 15 is 0 Å². The normalized spacial score (nSPS) is 24.2. The number of benzene rings is 1. The Morgan fingerprint density at radius 3 is 2.56 bits per heavy atom. The number of ether oxygens (including phenoxy) is 2. The third kappa shape index (κ3) is 10.8. The fourth-order valence-corrected chi connectivity index (χ4v) is 6.78. The van der Waals surface area contributed by atoms with Crippen LogP contribution in [0.15, 0.2) is 18.2 Å². The number of hydrogen-bond acceptors (Lipinski definition) is 6. The maximum absolute atomic E-state index is 12.5. The standard InChI is InChI=1S/C18H34N2O2.C16H25NO2.2H2/c1-18(2,12-15-6-4-5-11-19-15)17(21)20-13-14-7-9-16(22-3)10-8-14;1-16(2)10-14-6-5-13(11-18)9-15(14)17(12-16)7-4-8-19-3;;/h14-16,19H,4-13H2,1-3H3,(H,20,21);5-6,9,18H,4,7-8,10-12H2,1-3H3;2*1H/t14?,15-,16?;;;/m0.../s1. The van der Waals surface area contributed by atoms with Gasteiger partial charge in [-0.15, -0.1) is 0 Å². The number of amides is 1. The summed E-state index contributed by atoms with van der Waals surface area (Å²) in [6, 6.07) is 6.85. The van der Waals surface area contributed by atoms with Crippen molar-refractivity contribution in [2.75, 3.05) is 51.9 Å². The summed E-state index contributed by atoms with van der Waals surface area (Å²) in [4.78, 5) is 15.0. The zero-order valence-electron chi connectivity index (χ0n) is 26.9. The Morgan fingerprint density at radius 2 is 1.93 bits per heavy atom. The lowest BCUT2D eigenvalue weighted by Gasteiger charge is -2.41. The predicted octanol–water partition coefficient (Wildman–Crippen LogP) is 5.96. The van der Waals surface area contributed by atoms with Crippen LogP contribution in [0.3, 0.4) is 0 Å². The molecular formula is C34H63N3O4. The molecule has 2 aliphatic heterocycles. The molecule has 1 aromatic rings.